The van der Waals surface area contributed by atoms with Gasteiger partial charge in [0, 0.05) is 30.3 Å². The van der Waals surface area contributed by atoms with Crippen molar-refractivity contribution in [2.24, 2.45) is 0 Å². The number of nitrogens with two attached hydrogens (primary N) is 1. The fraction of sp³-hybridized carbons (Fsp3) is 0.333. The Balaban J connectivity index is 1.43. The second-order valence-electron chi connectivity index (χ2n) is 8.05. The summed E-state index contributed by atoms with van der Waals surface area (Å²) >= 11 is 0. The van der Waals surface area contributed by atoms with Gasteiger partial charge in [-0.2, -0.15) is 4.98 Å². The van der Waals surface area contributed by atoms with E-state index in [1.165, 1.54) is 11.1 Å². The second kappa shape index (κ2) is 7.95. The topological polar surface area (TPSA) is 76.3 Å². The molecule has 2 heterocycles. The molecule has 1 fully saturated rings. The Bertz CT molecular complexity index is 1050. The first-order chi connectivity index (χ1) is 14.7. The summed E-state index contributed by atoms with van der Waals surface area (Å²) in [6.07, 6.45) is 2.99. The van der Waals surface area contributed by atoms with Crippen molar-refractivity contribution in [3.63, 3.8) is 0 Å². The first kappa shape index (κ1) is 18.9. The normalized spacial score (nSPS) is 17.5. The quantitative estimate of drug-likeness (QED) is 0.684. The Labute approximate surface area is 177 Å². The van der Waals surface area contributed by atoms with Gasteiger partial charge in [-0.25, -0.2) is 4.98 Å². The molecule has 0 saturated carbocycles. The van der Waals surface area contributed by atoms with E-state index in [1.807, 2.05) is 31.3 Å². The minimum atomic E-state index is 0.342. The summed E-state index contributed by atoms with van der Waals surface area (Å²) in [6.45, 7) is 2.52. The molecular weight excluding hydrogens is 374 g/mol. The maximum Gasteiger partial charge on any atom is 0.222 e. The van der Waals surface area contributed by atoms with Crippen LogP contribution < -0.4 is 20.7 Å². The molecule has 6 heteroatoms. The van der Waals surface area contributed by atoms with Gasteiger partial charge in [-0.3, -0.25) is 0 Å². The number of hydrogen-bond donors (Lipinski definition) is 2. The van der Waals surface area contributed by atoms with Crippen LogP contribution in [-0.2, 0) is 19.4 Å². The molecule has 0 spiro atoms. The summed E-state index contributed by atoms with van der Waals surface area (Å²) in [6, 6.07) is 17.0. The Morgan fingerprint density at radius 2 is 2.00 bits per heavy atom. The number of nitrogens with one attached hydrogen (secondary N) is 1. The van der Waals surface area contributed by atoms with E-state index in [2.05, 4.69) is 44.5 Å². The fourth-order valence-electron chi connectivity index (χ4n) is 4.49. The lowest BCUT2D eigenvalue weighted by atomic mass is 9.89. The van der Waals surface area contributed by atoms with Crippen LogP contribution in [0.15, 0.2) is 48.5 Å². The molecule has 1 aliphatic heterocycles. The van der Waals surface area contributed by atoms with Crippen LogP contribution in [0.5, 0.6) is 5.75 Å². The van der Waals surface area contributed by atoms with Crippen LogP contribution in [0.2, 0.25) is 0 Å². The lowest BCUT2D eigenvalue weighted by Gasteiger charge is -2.26. The molecule has 3 N–H and O–H groups in total. The predicted octanol–water partition coefficient (Wildman–Crippen LogP) is 3.20. The van der Waals surface area contributed by atoms with Gasteiger partial charge >= 0.3 is 0 Å². The average molecular weight is 402 g/mol. The molecule has 0 radical (unpaired) electrons. The van der Waals surface area contributed by atoms with E-state index in [9.17, 15) is 0 Å². The van der Waals surface area contributed by atoms with Gasteiger partial charge in [0.25, 0.3) is 0 Å². The number of anilines is 2. The van der Waals surface area contributed by atoms with Gasteiger partial charge in [-0.1, -0.05) is 30.3 Å². The van der Waals surface area contributed by atoms with Crippen LogP contribution in [0.25, 0.3) is 11.3 Å². The van der Waals surface area contributed by atoms with Crippen molar-refractivity contribution in [1.82, 2.24) is 15.3 Å². The molecular formula is C24H27N5O. The summed E-state index contributed by atoms with van der Waals surface area (Å²) in [5.74, 6) is 2.24. The third-order valence-corrected chi connectivity index (χ3v) is 6.12. The molecule has 1 unspecified atom stereocenters. The van der Waals surface area contributed by atoms with Gasteiger partial charge in [-0.05, 0) is 55.6 Å². The van der Waals surface area contributed by atoms with Crippen molar-refractivity contribution in [2.75, 3.05) is 30.8 Å². The van der Waals surface area contributed by atoms with Crippen molar-refractivity contribution in [3.8, 4) is 17.0 Å². The van der Waals surface area contributed by atoms with Crippen LogP contribution in [0.1, 0.15) is 23.1 Å². The number of likely N-dealkylation sites (N-methyl/N-ethyl adjacent to an activating group) is 1. The van der Waals surface area contributed by atoms with Crippen LogP contribution in [0.4, 0.5) is 11.8 Å². The summed E-state index contributed by atoms with van der Waals surface area (Å²) in [5.41, 5.74) is 11.9. The van der Waals surface area contributed by atoms with Crippen LogP contribution in [0, 0.1) is 0 Å². The highest BCUT2D eigenvalue weighted by molar-refractivity contribution is 5.76. The number of aryl methyl sites for hydroxylation is 1. The van der Waals surface area contributed by atoms with E-state index in [0.717, 1.165) is 60.7 Å². The van der Waals surface area contributed by atoms with Gasteiger partial charge in [0.1, 0.15) is 18.2 Å². The highest BCUT2D eigenvalue weighted by Crippen LogP contribution is 2.39. The zero-order valence-electron chi connectivity index (χ0n) is 17.3. The second-order valence-corrected chi connectivity index (χ2v) is 8.05. The molecule has 1 aromatic heterocycles. The number of benzene rings is 2. The molecule has 30 heavy (non-hydrogen) atoms. The highest BCUT2D eigenvalue weighted by Gasteiger charge is 2.29. The Hall–Kier alpha value is -3.12. The lowest BCUT2D eigenvalue weighted by Crippen LogP contribution is -2.31. The number of ether oxygens (including phenoxy) is 1. The summed E-state index contributed by atoms with van der Waals surface area (Å²) in [4.78, 5) is 11.6. The predicted molar refractivity (Wildman–Crippen MR) is 120 cm³/mol. The zero-order valence-corrected chi connectivity index (χ0v) is 17.3. The Morgan fingerprint density at radius 1 is 1.13 bits per heavy atom. The molecule has 154 valence electrons. The molecule has 0 bridgehead atoms. The fourth-order valence-corrected chi connectivity index (χ4v) is 4.49. The van der Waals surface area contributed by atoms with Gasteiger partial charge in [0.15, 0.2) is 0 Å². The van der Waals surface area contributed by atoms with E-state index in [4.69, 9.17) is 10.5 Å². The van der Waals surface area contributed by atoms with E-state index < -0.39 is 0 Å². The zero-order chi connectivity index (χ0) is 20.5. The molecule has 2 aliphatic rings. The maximum absolute atomic E-state index is 6.13. The highest BCUT2D eigenvalue weighted by atomic mass is 16.5. The molecule has 5 rings (SSSR count). The third-order valence-electron chi connectivity index (χ3n) is 6.12. The van der Waals surface area contributed by atoms with Gasteiger partial charge in [0.2, 0.25) is 5.95 Å². The molecule has 1 saturated heterocycles. The van der Waals surface area contributed by atoms with Crippen LogP contribution in [-0.4, -0.2) is 36.1 Å². The Kier molecular flexibility index (Phi) is 5.01. The minimum absolute atomic E-state index is 0.342. The summed E-state index contributed by atoms with van der Waals surface area (Å²) in [5, 5.41) is 3.37. The standard InChI is InChI=1S/C24H27N5O/c1-26-18-11-12-29(14-18)23-21-9-7-17-13-19(30-15-16-5-3-2-4-6-16)8-10-20(17)22(21)27-24(25)28-23/h2-6,8,10,13,18,26H,7,9,11-12,14-15H2,1H3,(H2,25,27,28). The molecule has 1 aliphatic carbocycles. The number of fused-ring (bicyclic) bond motifs is 3. The SMILES string of the molecule is CNC1CCN(c2nc(N)nc3c2CCc2cc(OCc4ccccc4)ccc2-3)C1. The molecule has 3 aromatic rings. The number of nitrogen functional groups attached to an aromatic ring is 1. The summed E-state index contributed by atoms with van der Waals surface area (Å²) < 4.78 is 6.03. The first-order valence-electron chi connectivity index (χ1n) is 10.6. The van der Waals surface area contributed by atoms with Crippen molar-refractivity contribution >= 4 is 11.8 Å². The van der Waals surface area contributed by atoms with E-state index in [0.29, 0.717) is 18.6 Å². The number of rotatable bonds is 5. The van der Waals surface area contributed by atoms with Gasteiger partial charge in [0.05, 0.1) is 5.69 Å². The third kappa shape index (κ3) is 3.59. The monoisotopic (exact) mass is 401 g/mol. The van der Waals surface area contributed by atoms with E-state index in [1.54, 1.807) is 0 Å². The number of aromatic nitrogens is 2. The smallest absolute Gasteiger partial charge is 0.222 e. The van der Waals surface area contributed by atoms with Crippen molar-refractivity contribution < 1.29 is 4.74 Å². The number of nitrogens with zero attached hydrogens (tertiary/aromatic N) is 3. The molecule has 0 amide bonds. The maximum atomic E-state index is 6.13. The molecule has 6 nitrogen and oxygen atoms in total. The van der Waals surface area contributed by atoms with Crippen molar-refractivity contribution in [3.05, 3.63) is 65.2 Å². The van der Waals surface area contributed by atoms with Gasteiger partial charge in [-0.15, -0.1) is 0 Å². The van der Waals surface area contributed by atoms with Crippen molar-refractivity contribution in [2.45, 2.75) is 31.9 Å². The Morgan fingerprint density at radius 3 is 2.80 bits per heavy atom. The van der Waals surface area contributed by atoms with Crippen LogP contribution >= 0.6 is 0 Å². The lowest BCUT2D eigenvalue weighted by molar-refractivity contribution is 0.306. The number of hydrogen-bond acceptors (Lipinski definition) is 6. The van der Waals surface area contributed by atoms with Crippen molar-refractivity contribution in [1.29, 1.82) is 0 Å². The first-order valence-corrected chi connectivity index (χ1v) is 10.6. The average Bonchev–Trinajstić information content (AvgIpc) is 3.27. The summed E-state index contributed by atoms with van der Waals surface area (Å²) in [7, 11) is 2.02. The molecule has 1 atom stereocenters. The van der Waals surface area contributed by atoms with Gasteiger partial charge < -0.3 is 20.7 Å². The minimum Gasteiger partial charge on any atom is -0.489 e. The molecule has 2 aromatic carbocycles. The van der Waals surface area contributed by atoms with E-state index in [-0.39, 0.29) is 0 Å². The van der Waals surface area contributed by atoms with Crippen LogP contribution in [0.3, 0.4) is 0 Å². The van der Waals surface area contributed by atoms with E-state index >= 15 is 0 Å². The largest absolute Gasteiger partial charge is 0.489 e.